The number of nitrogen functional groups attached to an aromatic ring is 5. The average Bonchev–Trinajstić information content (AvgIpc) is 3.16. The van der Waals surface area contributed by atoms with Crippen molar-refractivity contribution < 1.29 is 28.2 Å². The number of ether oxygens (including phenoxy) is 2. The molecule has 0 aliphatic rings. The lowest BCUT2D eigenvalue weighted by atomic mass is 10.2. The van der Waals surface area contributed by atoms with E-state index in [9.17, 15) is 0 Å². The number of para-hydroxylation sites is 11. The van der Waals surface area contributed by atoms with Gasteiger partial charge in [-0.15, -0.1) is 4.51 Å². The molecule has 6 aromatic carbocycles. The molecule has 2 unspecified atom stereocenters. The molecule has 0 bridgehead atoms. The molecule has 0 aliphatic heterocycles. The van der Waals surface area contributed by atoms with Gasteiger partial charge < -0.3 is 56.9 Å². The third-order valence-electron chi connectivity index (χ3n) is 7.32. The van der Waals surface area contributed by atoms with E-state index in [0.717, 1.165) is 0 Å². The molecular formula is C36H33N8O6P3. The van der Waals surface area contributed by atoms with Crippen molar-refractivity contribution in [3.8, 4) is 46.0 Å². The second-order valence-corrected chi connectivity index (χ2v) is 15.4. The molecule has 0 radical (unpaired) electrons. The zero-order chi connectivity index (χ0) is 36.7. The van der Waals surface area contributed by atoms with Crippen molar-refractivity contribution in [2.45, 2.75) is 0 Å². The molecule has 17 heteroatoms. The Bertz CT molecular complexity index is 2430. The van der Waals surface area contributed by atoms with Gasteiger partial charge in [0.05, 0.1) is 28.4 Å². The van der Waals surface area contributed by atoms with Crippen molar-refractivity contribution in [3.63, 3.8) is 0 Å². The van der Waals surface area contributed by atoms with Crippen LogP contribution in [0, 0.1) is 0 Å². The zero-order valence-corrected chi connectivity index (χ0v) is 30.5. The van der Waals surface area contributed by atoms with Crippen LogP contribution in [0.2, 0.25) is 0 Å². The average molecular weight is 767 g/mol. The largest absolute Gasteiger partial charge is 0.451 e. The minimum atomic E-state index is -2.09. The minimum Gasteiger partial charge on any atom is -0.451 e. The van der Waals surface area contributed by atoms with Crippen molar-refractivity contribution in [2.24, 2.45) is 0 Å². The highest BCUT2D eigenvalue weighted by Gasteiger charge is 2.25. The highest BCUT2D eigenvalue weighted by Crippen LogP contribution is 2.49. The van der Waals surface area contributed by atoms with E-state index in [1.807, 2.05) is 12.1 Å². The number of nitrogens with zero attached hydrogens (tertiary/aromatic N) is 3. The van der Waals surface area contributed by atoms with Gasteiger partial charge in [-0.3, -0.25) is 0 Å². The maximum Gasteiger partial charge on any atom is 0.319 e. The first kappa shape index (κ1) is 34.9. The summed E-state index contributed by atoms with van der Waals surface area (Å²) in [7, 11) is -3.88. The van der Waals surface area contributed by atoms with E-state index in [0.29, 0.717) is 71.4 Å². The van der Waals surface area contributed by atoms with Crippen molar-refractivity contribution in [3.05, 3.63) is 140 Å². The van der Waals surface area contributed by atoms with Crippen LogP contribution in [0.4, 0.5) is 28.4 Å². The van der Waals surface area contributed by atoms with Crippen LogP contribution in [0.1, 0.15) is 0 Å². The molecule has 1 heterocycles. The molecule has 7 aromatic rings. The molecule has 1 aromatic heterocycles. The molecule has 268 valence electrons. The number of benzene rings is 6. The summed E-state index contributed by atoms with van der Waals surface area (Å²) in [6.45, 7) is 0. The molecular weight excluding hydrogens is 733 g/mol. The van der Waals surface area contributed by atoms with Crippen molar-refractivity contribution >= 4 is 53.1 Å². The maximum absolute atomic E-state index is 6.72. The Balaban J connectivity index is 1.41. The van der Waals surface area contributed by atoms with E-state index < -0.39 is 16.2 Å². The van der Waals surface area contributed by atoms with Gasteiger partial charge in [-0.05, 0) is 77.1 Å². The number of rotatable bonds is 12. The van der Waals surface area contributed by atoms with E-state index in [1.54, 1.807) is 127 Å². The van der Waals surface area contributed by atoms with Crippen LogP contribution in [0.3, 0.4) is 0 Å². The summed E-state index contributed by atoms with van der Waals surface area (Å²) in [6.07, 6.45) is 0. The van der Waals surface area contributed by atoms with Gasteiger partial charge in [0.1, 0.15) is 0 Å². The predicted octanol–water partition coefficient (Wildman–Crippen LogP) is 9.23. The first-order chi connectivity index (χ1) is 25.8. The van der Waals surface area contributed by atoms with Gasteiger partial charge in [0.2, 0.25) is 5.75 Å². The van der Waals surface area contributed by atoms with Gasteiger partial charge in [0, 0.05) is 0 Å². The van der Waals surface area contributed by atoms with E-state index in [-0.39, 0.29) is 11.5 Å². The Morgan fingerprint density at radius 2 is 0.868 bits per heavy atom. The third kappa shape index (κ3) is 8.01. The van der Waals surface area contributed by atoms with Gasteiger partial charge in [-0.1, -0.05) is 71.0 Å². The Morgan fingerprint density at radius 3 is 1.42 bits per heavy atom. The van der Waals surface area contributed by atoms with Crippen molar-refractivity contribution in [1.29, 1.82) is 0 Å². The molecule has 0 saturated carbocycles. The first-order valence-electron chi connectivity index (χ1n) is 15.9. The summed E-state index contributed by atoms with van der Waals surface area (Å²) in [5, 5.41) is 0. The molecule has 0 saturated heterocycles. The lowest BCUT2D eigenvalue weighted by molar-refractivity contribution is 0.233. The lowest BCUT2D eigenvalue weighted by Gasteiger charge is -2.22. The normalized spacial score (nSPS) is 11.5. The lowest BCUT2D eigenvalue weighted by Crippen LogP contribution is -2.15. The fourth-order valence-corrected chi connectivity index (χ4v) is 9.64. The van der Waals surface area contributed by atoms with Gasteiger partial charge in [-0.25, -0.2) is 0 Å². The fraction of sp³-hybridized carbons (Fsp3) is 0. The van der Waals surface area contributed by atoms with Crippen LogP contribution in [-0.2, 0) is 0 Å². The van der Waals surface area contributed by atoms with Gasteiger partial charge in [0.15, 0.2) is 48.8 Å². The summed E-state index contributed by atoms with van der Waals surface area (Å²) in [5.41, 5.74) is 33.5. The Kier molecular flexibility index (Phi) is 10.4. The highest BCUT2D eigenvalue weighted by molar-refractivity contribution is 7.56. The second-order valence-electron chi connectivity index (χ2n) is 11.0. The Hall–Kier alpha value is -6.58. The molecule has 7 rings (SSSR count). The topological polar surface area (TPSA) is 208 Å². The van der Waals surface area contributed by atoms with Crippen molar-refractivity contribution in [2.75, 3.05) is 28.7 Å². The monoisotopic (exact) mass is 766 g/mol. The minimum absolute atomic E-state index is 0.204. The zero-order valence-electron chi connectivity index (χ0n) is 27.8. The van der Waals surface area contributed by atoms with E-state index in [1.165, 1.54) is 8.51 Å². The quantitative estimate of drug-likeness (QED) is 0.0738. The number of nitrogens with two attached hydrogens (primary N) is 5. The summed E-state index contributed by atoms with van der Waals surface area (Å²) in [6, 6.07) is 40.5. The van der Waals surface area contributed by atoms with E-state index in [4.69, 9.17) is 61.4 Å². The molecule has 10 N–H and O–H groups in total. The van der Waals surface area contributed by atoms with Gasteiger partial charge >= 0.3 is 16.2 Å². The standard InChI is InChI=1S/C36H33N8O6P3/c37-24-12-1-6-17-29(24)45-34-22-11-23-35(36(34)46-30-18-7-2-13-25(30)38)49-52-42-51-43(47-31-19-8-3-14-26(31)39)53(50-33-21-10-5-16-28(33)41)44(52)48-32-20-9-4-15-27(32)40/h1-23H,37-41H2. The van der Waals surface area contributed by atoms with E-state index in [2.05, 4.69) is 0 Å². The molecule has 0 fully saturated rings. The van der Waals surface area contributed by atoms with Crippen LogP contribution in [0.15, 0.2) is 140 Å². The molecule has 53 heavy (non-hydrogen) atoms. The number of hydrogen-bond donors (Lipinski definition) is 5. The highest BCUT2D eigenvalue weighted by atomic mass is 31.2. The van der Waals surface area contributed by atoms with Crippen LogP contribution < -0.4 is 56.9 Å². The third-order valence-corrected chi connectivity index (χ3v) is 11.9. The summed E-state index contributed by atoms with van der Waals surface area (Å²) in [4.78, 5) is 12.8. The van der Waals surface area contributed by atoms with E-state index >= 15 is 0 Å². The van der Waals surface area contributed by atoms with Crippen LogP contribution in [-0.4, -0.2) is 13.0 Å². The SMILES string of the molecule is Nc1ccccc1Oc1cccc(Op2npn(Oc3ccccc3N)p(Oc3ccccc3N)n2Oc2ccccc2N)c1Oc1ccccc1N. The van der Waals surface area contributed by atoms with Gasteiger partial charge in [0.25, 0.3) is 0 Å². The predicted molar refractivity (Wildman–Crippen MR) is 211 cm³/mol. The Morgan fingerprint density at radius 1 is 0.434 bits per heavy atom. The molecule has 0 amide bonds. The summed E-state index contributed by atoms with van der Waals surface area (Å²) in [5.74, 6) is 2.60. The van der Waals surface area contributed by atoms with Crippen molar-refractivity contribution in [1.82, 2.24) is 13.0 Å². The van der Waals surface area contributed by atoms with Crippen LogP contribution >= 0.6 is 24.7 Å². The fourth-order valence-electron chi connectivity index (χ4n) is 4.68. The number of hydrogen-bond acceptors (Lipinski definition) is 12. The van der Waals surface area contributed by atoms with Crippen LogP contribution in [0.5, 0.6) is 46.0 Å². The Labute approximate surface area is 307 Å². The summed E-state index contributed by atoms with van der Waals surface area (Å²) >= 11 is 0. The maximum atomic E-state index is 6.72. The number of aromatic nitrogens is 3. The molecule has 14 nitrogen and oxygen atoms in total. The second kappa shape index (κ2) is 15.8. The molecule has 0 spiro atoms. The molecule has 0 aliphatic carbocycles. The van der Waals surface area contributed by atoms with Gasteiger partial charge in [-0.2, -0.15) is 0 Å². The summed E-state index contributed by atoms with van der Waals surface area (Å²) < 4.78 is 33.8. The smallest absolute Gasteiger partial charge is 0.319 e. The first-order valence-corrected chi connectivity index (χ1v) is 19.0. The number of anilines is 5. The van der Waals surface area contributed by atoms with Crippen LogP contribution in [0.25, 0.3) is 0 Å². The molecule has 2 atom stereocenters.